The number of hydrogen-bond acceptors (Lipinski definition) is 10. The fourth-order valence-electron chi connectivity index (χ4n) is 3.55. The van der Waals surface area contributed by atoms with Crippen molar-refractivity contribution in [1.82, 2.24) is 24.5 Å². The minimum atomic E-state index is -0.882. The molecular weight excluding hydrogens is 637 g/mol. The van der Waals surface area contributed by atoms with E-state index in [9.17, 15) is 9.18 Å². The van der Waals surface area contributed by atoms with Gasteiger partial charge < -0.3 is 26.8 Å². The first-order valence-electron chi connectivity index (χ1n) is 13.9. The van der Waals surface area contributed by atoms with E-state index < -0.39 is 11.7 Å². The molecule has 232 valence electrons. The molecule has 2 aromatic heterocycles. The van der Waals surface area contributed by atoms with Gasteiger partial charge in [-0.3, -0.25) is 14.2 Å². The maximum absolute atomic E-state index is 14.1. The average molecular weight is 677 g/mol. The number of unbranched alkanes of at least 4 members (excludes halogenated alkanes) is 1. The van der Waals surface area contributed by atoms with E-state index in [1.807, 2.05) is 52.0 Å². The zero-order chi connectivity index (χ0) is 31.8. The van der Waals surface area contributed by atoms with Crippen LogP contribution in [0.1, 0.15) is 50.9 Å². The molecule has 0 radical (unpaired) electrons. The van der Waals surface area contributed by atoms with E-state index in [1.165, 1.54) is 12.1 Å². The number of primary amides is 1. The molecule has 4 rings (SSSR count). The van der Waals surface area contributed by atoms with E-state index in [0.717, 1.165) is 36.5 Å². The van der Waals surface area contributed by atoms with Crippen LogP contribution in [0.4, 0.5) is 33.2 Å². The van der Waals surface area contributed by atoms with E-state index in [4.69, 9.17) is 16.2 Å². The van der Waals surface area contributed by atoms with Gasteiger partial charge in [0.1, 0.15) is 17.3 Å². The van der Waals surface area contributed by atoms with Gasteiger partial charge in [-0.1, -0.05) is 33.8 Å². The third kappa shape index (κ3) is 10.7. The van der Waals surface area contributed by atoms with Crippen LogP contribution in [0.5, 0.6) is 5.88 Å². The van der Waals surface area contributed by atoms with Gasteiger partial charge in [-0.2, -0.15) is 4.98 Å². The summed E-state index contributed by atoms with van der Waals surface area (Å²) in [7, 11) is 1.55. The fraction of sp³-hybridized carbons (Fsp3) is 0.310. The normalized spacial score (nSPS) is 10.1. The van der Waals surface area contributed by atoms with E-state index in [1.54, 1.807) is 42.2 Å². The Labute approximate surface area is 264 Å². The Balaban J connectivity index is 0.00000155. The highest BCUT2D eigenvalue weighted by Gasteiger charge is 2.16. The Bertz CT molecular complexity index is 1440. The molecule has 43 heavy (non-hydrogen) atoms. The van der Waals surface area contributed by atoms with Crippen LogP contribution in [-0.4, -0.2) is 39.3 Å². The summed E-state index contributed by atoms with van der Waals surface area (Å²) >= 11 is 4.92. The Morgan fingerprint density at radius 1 is 1.09 bits per heavy atom. The number of benzene rings is 2. The molecule has 0 aliphatic heterocycles. The largest absolute Gasteiger partial charge is 0.478 e. The Kier molecular flexibility index (Phi) is 15.3. The van der Waals surface area contributed by atoms with Crippen LogP contribution in [0, 0.1) is 5.82 Å². The van der Waals surface area contributed by atoms with Crippen LogP contribution in [0.3, 0.4) is 0 Å². The van der Waals surface area contributed by atoms with E-state index >= 15 is 0 Å². The van der Waals surface area contributed by atoms with Crippen molar-refractivity contribution in [1.29, 1.82) is 0 Å². The number of nitrogens with one attached hydrogen (secondary N) is 3. The number of carbonyl (C=O) groups excluding carboxylic acids is 1. The molecule has 0 spiro atoms. The lowest BCUT2D eigenvalue weighted by atomic mass is 10.1. The standard InChI is InChI=1S/C25H27BrFN9O2S.2C2H6/c1-38-24-19(28)14-36(35-24)12-3-2-11-31-39-16-9-7-15(8-10-16)32-25-30-13-17(26)23(34-25)33-20-6-4-5-18(27)21(20)22(29)37;2*1-2/h4-10,13-14,31H,2-3,11-12,28H2,1H3,(H2,29,37)(H2,30,32,33,34);2*1-2H3. The summed E-state index contributed by atoms with van der Waals surface area (Å²) < 4.78 is 24.9. The Morgan fingerprint density at radius 3 is 2.47 bits per heavy atom. The van der Waals surface area contributed by atoms with Crippen molar-refractivity contribution >= 4 is 62.6 Å². The SMILES string of the molecule is CC.CC.COc1nn(CCCCNSc2ccc(Nc3ncc(Br)c(Nc4cccc(F)c4C(N)=O)n3)cc2)cc1N. The highest BCUT2D eigenvalue weighted by atomic mass is 79.9. The van der Waals surface area contributed by atoms with Crippen molar-refractivity contribution in [3.05, 3.63) is 70.7 Å². The number of nitrogens with zero attached hydrogens (tertiary/aromatic N) is 4. The zero-order valence-corrected chi connectivity index (χ0v) is 27.4. The molecule has 0 aliphatic rings. The Morgan fingerprint density at radius 2 is 1.81 bits per heavy atom. The van der Waals surface area contributed by atoms with E-state index in [2.05, 4.69) is 46.4 Å². The zero-order valence-electron chi connectivity index (χ0n) is 24.9. The van der Waals surface area contributed by atoms with Crippen LogP contribution in [0.2, 0.25) is 0 Å². The van der Waals surface area contributed by atoms with Crippen molar-refractivity contribution in [2.24, 2.45) is 5.73 Å². The quantitative estimate of drug-likeness (QED) is 0.0747. The van der Waals surface area contributed by atoms with Gasteiger partial charge in [-0.25, -0.2) is 9.37 Å². The molecule has 11 nitrogen and oxygen atoms in total. The number of nitrogens with two attached hydrogens (primary N) is 2. The lowest BCUT2D eigenvalue weighted by molar-refractivity contribution is 0.0997. The lowest BCUT2D eigenvalue weighted by Crippen LogP contribution is -2.16. The maximum Gasteiger partial charge on any atom is 0.255 e. The summed E-state index contributed by atoms with van der Waals surface area (Å²) in [5.41, 5.74) is 12.4. The van der Waals surface area contributed by atoms with Crippen LogP contribution < -0.4 is 31.6 Å². The van der Waals surface area contributed by atoms with Crippen LogP contribution in [0.15, 0.2) is 64.2 Å². The second-order valence-corrected chi connectivity index (χ2v) is 10.1. The number of nitrogen functional groups attached to an aromatic ring is 1. The monoisotopic (exact) mass is 675 g/mol. The first kappa shape index (κ1) is 35.3. The lowest BCUT2D eigenvalue weighted by Gasteiger charge is -2.13. The molecule has 0 atom stereocenters. The number of aryl methyl sites for hydroxylation is 1. The summed E-state index contributed by atoms with van der Waals surface area (Å²) in [6.07, 6.45) is 5.25. The highest BCUT2D eigenvalue weighted by Crippen LogP contribution is 2.28. The topological polar surface area (TPSA) is 158 Å². The highest BCUT2D eigenvalue weighted by molar-refractivity contribution is 9.10. The van der Waals surface area contributed by atoms with Gasteiger partial charge >= 0.3 is 0 Å². The molecule has 14 heteroatoms. The molecule has 2 aromatic carbocycles. The minimum Gasteiger partial charge on any atom is -0.478 e. The van der Waals surface area contributed by atoms with Crippen molar-refractivity contribution < 1.29 is 13.9 Å². The van der Waals surface area contributed by atoms with Crippen molar-refractivity contribution in [2.75, 3.05) is 30.0 Å². The van der Waals surface area contributed by atoms with Crippen molar-refractivity contribution in [3.8, 4) is 5.88 Å². The molecule has 0 unspecified atom stereocenters. The van der Waals surface area contributed by atoms with E-state index in [0.29, 0.717) is 27.8 Å². The molecule has 0 saturated carbocycles. The summed E-state index contributed by atoms with van der Waals surface area (Å²) in [5, 5.41) is 10.3. The molecule has 1 amide bonds. The number of amides is 1. The number of ether oxygens (including phenoxy) is 1. The number of hydrogen-bond donors (Lipinski definition) is 5. The van der Waals surface area contributed by atoms with Gasteiger partial charge in [0.2, 0.25) is 5.95 Å². The molecular formula is C29H39BrFN9O2S. The molecule has 0 bridgehead atoms. The second-order valence-electron chi connectivity index (χ2n) is 8.25. The van der Waals surface area contributed by atoms with Gasteiger partial charge in [0.15, 0.2) is 0 Å². The predicted molar refractivity (Wildman–Crippen MR) is 177 cm³/mol. The van der Waals surface area contributed by atoms with Crippen LogP contribution in [0.25, 0.3) is 0 Å². The fourth-order valence-corrected chi connectivity index (χ4v) is 4.53. The first-order chi connectivity index (χ1) is 20.8. The number of halogens is 2. The van der Waals surface area contributed by atoms with Gasteiger partial charge in [-0.05, 0) is 77.1 Å². The van der Waals surface area contributed by atoms with Crippen LogP contribution in [-0.2, 0) is 6.54 Å². The maximum atomic E-state index is 14.1. The molecule has 0 fully saturated rings. The van der Waals surface area contributed by atoms with Gasteiger partial charge in [-0.15, -0.1) is 5.10 Å². The average Bonchev–Trinajstić information content (AvgIpc) is 3.38. The number of methoxy groups -OCH3 is 1. The van der Waals surface area contributed by atoms with E-state index in [-0.39, 0.29) is 11.3 Å². The molecule has 0 saturated heterocycles. The van der Waals surface area contributed by atoms with Gasteiger partial charge in [0, 0.05) is 29.9 Å². The number of carbonyl (C=O) groups is 1. The van der Waals surface area contributed by atoms with Crippen molar-refractivity contribution in [3.63, 3.8) is 0 Å². The molecule has 4 aromatic rings. The summed E-state index contributed by atoms with van der Waals surface area (Å²) in [5.74, 6) is -0.496. The van der Waals surface area contributed by atoms with Gasteiger partial charge in [0.05, 0.1) is 29.0 Å². The first-order valence-corrected chi connectivity index (χ1v) is 15.5. The minimum absolute atomic E-state index is 0.202. The second kappa shape index (κ2) is 18.6. The Hall–Kier alpha value is -3.88. The third-order valence-corrected chi connectivity index (χ3v) is 6.86. The smallest absolute Gasteiger partial charge is 0.255 e. The molecule has 2 heterocycles. The molecule has 7 N–H and O–H groups in total. The predicted octanol–water partition coefficient (Wildman–Crippen LogP) is 6.88. The third-order valence-electron chi connectivity index (χ3n) is 5.42. The van der Waals surface area contributed by atoms with Gasteiger partial charge in [0.25, 0.3) is 11.8 Å². The van der Waals surface area contributed by atoms with Crippen molar-refractivity contribution in [2.45, 2.75) is 52.0 Å². The molecule has 0 aliphatic carbocycles. The number of anilines is 5. The summed E-state index contributed by atoms with van der Waals surface area (Å²) in [6.45, 7) is 9.61. The summed E-state index contributed by atoms with van der Waals surface area (Å²) in [4.78, 5) is 21.5. The summed E-state index contributed by atoms with van der Waals surface area (Å²) in [6, 6.07) is 12.0. The number of rotatable bonds is 13. The van der Waals surface area contributed by atoms with Crippen LogP contribution >= 0.6 is 27.9 Å². The number of aromatic nitrogens is 4.